The second-order valence-electron chi connectivity index (χ2n) is 4.86. The first-order chi connectivity index (χ1) is 9.26. The monoisotopic (exact) mass is 257 g/mol. The number of ether oxygens (including phenoxy) is 1. The van der Waals surface area contributed by atoms with E-state index in [1.165, 1.54) is 6.07 Å². The van der Waals surface area contributed by atoms with Crippen LogP contribution in [0.3, 0.4) is 0 Å². The summed E-state index contributed by atoms with van der Waals surface area (Å²) < 4.78 is 19.5. The molecule has 0 atom stereocenters. The number of halogens is 1. The van der Waals surface area contributed by atoms with Crippen LogP contribution in [0.15, 0.2) is 42.5 Å². The number of nitrogens with two attached hydrogens (primary N) is 1. The predicted molar refractivity (Wildman–Crippen MR) is 73.4 cm³/mol. The minimum atomic E-state index is -0.229. The molecule has 1 saturated carbocycles. The van der Waals surface area contributed by atoms with E-state index in [4.69, 9.17) is 10.5 Å². The van der Waals surface area contributed by atoms with E-state index in [2.05, 4.69) is 0 Å². The van der Waals surface area contributed by atoms with Gasteiger partial charge in [-0.1, -0.05) is 18.2 Å². The lowest BCUT2D eigenvalue weighted by molar-refractivity contribution is 0.303. The second kappa shape index (κ2) is 5.02. The van der Waals surface area contributed by atoms with Crippen molar-refractivity contribution in [2.45, 2.75) is 25.5 Å². The Morgan fingerprint density at radius 3 is 2.47 bits per heavy atom. The van der Waals surface area contributed by atoms with Crippen molar-refractivity contribution in [3.8, 4) is 16.9 Å². The highest BCUT2D eigenvalue weighted by molar-refractivity contribution is 5.65. The Morgan fingerprint density at radius 1 is 1.11 bits per heavy atom. The van der Waals surface area contributed by atoms with Gasteiger partial charge < -0.3 is 10.5 Å². The van der Waals surface area contributed by atoms with Gasteiger partial charge in [0.1, 0.15) is 11.6 Å². The van der Waals surface area contributed by atoms with E-state index >= 15 is 0 Å². The van der Waals surface area contributed by atoms with E-state index in [0.29, 0.717) is 18.2 Å². The van der Waals surface area contributed by atoms with Crippen molar-refractivity contribution in [3.05, 3.63) is 53.8 Å². The van der Waals surface area contributed by atoms with Crippen LogP contribution in [0.2, 0.25) is 0 Å². The van der Waals surface area contributed by atoms with Gasteiger partial charge in [0.2, 0.25) is 0 Å². The van der Waals surface area contributed by atoms with Gasteiger partial charge in [-0.05, 0) is 48.2 Å². The zero-order chi connectivity index (χ0) is 13.2. The third kappa shape index (κ3) is 2.76. The Balaban J connectivity index is 1.88. The van der Waals surface area contributed by atoms with Crippen LogP contribution < -0.4 is 10.5 Å². The molecule has 0 saturated heterocycles. The minimum absolute atomic E-state index is 0.229. The lowest BCUT2D eigenvalue weighted by atomic mass is 10.0. The molecule has 2 aromatic rings. The van der Waals surface area contributed by atoms with Crippen LogP contribution in [0.25, 0.3) is 11.1 Å². The standard InChI is InChI=1S/C16H16FNO/c17-16-8-1-11(10-18)9-15(16)12-2-4-13(5-3-12)19-14-6-7-14/h1-5,8-9,14H,6-7,10,18H2. The van der Waals surface area contributed by atoms with Crippen LogP contribution in [-0.4, -0.2) is 6.10 Å². The molecular formula is C16H16FNO. The van der Waals surface area contributed by atoms with Gasteiger partial charge in [-0.25, -0.2) is 4.39 Å². The first-order valence-electron chi connectivity index (χ1n) is 6.52. The number of rotatable bonds is 4. The van der Waals surface area contributed by atoms with Crippen molar-refractivity contribution in [3.63, 3.8) is 0 Å². The topological polar surface area (TPSA) is 35.2 Å². The zero-order valence-electron chi connectivity index (χ0n) is 10.6. The van der Waals surface area contributed by atoms with Gasteiger partial charge in [0.05, 0.1) is 6.10 Å². The zero-order valence-corrected chi connectivity index (χ0v) is 10.6. The molecule has 0 radical (unpaired) electrons. The molecule has 0 amide bonds. The molecule has 0 aliphatic heterocycles. The molecule has 2 nitrogen and oxygen atoms in total. The molecule has 1 fully saturated rings. The van der Waals surface area contributed by atoms with E-state index in [1.807, 2.05) is 24.3 Å². The molecule has 0 aromatic heterocycles. The molecule has 2 N–H and O–H groups in total. The van der Waals surface area contributed by atoms with Crippen molar-refractivity contribution in [1.82, 2.24) is 0 Å². The third-order valence-electron chi connectivity index (χ3n) is 3.26. The number of benzene rings is 2. The molecule has 2 aromatic carbocycles. The van der Waals surface area contributed by atoms with Crippen molar-refractivity contribution in [2.24, 2.45) is 5.73 Å². The molecule has 1 aliphatic carbocycles. The Kier molecular flexibility index (Phi) is 3.22. The van der Waals surface area contributed by atoms with Crippen LogP contribution in [0.5, 0.6) is 5.75 Å². The fraction of sp³-hybridized carbons (Fsp3) is 0.250. The van der Waals surface area contributed by atoms with Crippen molar-refractivity contribution >= 4 is 0 Å². The van der Waals surface area contributed by atoms with E-state index in [1.54, 1.807) is 12.1 Å². The van der Waals surface area contributed by atoms with E-state index < -0.39 is 0 Å². The summed E-state index contributed by atoms with van der Waals surface area (Å²) in [4.78, 5) is 0. The first kappa shape index (κ1) is 12.2. The van der Waals surface area contributed by atoms with Crippen LogP contribution in [0.1, 0.15) is 18.4 Å². The summed E-state index contributed by atoms with van der Waals surface area (Å²) in [7, 11) is 0. The second-order valence-corrected chi connectivity index (χ2v) is 4.86. The maximum Gasteiger partial charge on any atom is 0.131 e. The summed E-state index contributed by atoms with van der Waals surface area (Å²) in [6.45, 7) is 0.413. The largest absolute Gasteiger partial charge is 0.490 e. The highest BCUT2D eigenvalue weighted by atomic mass is 19.1. The molecular weight excluding hydrogens is 241 g/mol. The van der Waals surface area contributed by atoms with Crippen LogP contribution in [0, 0.1) is 5.82 Å². The van der Waals surface area contributed by atoms with E-state index in [9.17, 15) is 4.39 Å². The molecule has 0 heterocycles. The number of hydrogen-bond acceptors (Lipinski definition) is 2. The van der Waals surface area contributed by atoms with Crippen molar-refractivity contribution < 1.29 is 9.13 Å². The Bertz CT molecular complexity index is 576. The maximum absolute atomic E-state index is 13.8. The molecule has 0 bridgehead atoms. The fourth-order valence-electron chi connectivity index (χ4n) is 2.01. The molecule has 19 heavy (non-hydrogen) atoms. The summed E-state index contributed by atoms with van der Waals surface area (Å²) in [5, 5.41) is 0. The molecule has 3 heteroatoms. The first-order valence-corrected chi connectivity index (χ1v) is 6.52. The van der Waals surface area contributed by atoms with Crippen molar-refractivity contribution in [2.75, 3.05) is 0 Å². The fourth-order valence-corrected chi connectivity index (χ4v) is 2.01. The van der Waals surface area contributed by atoms with Gasteiger partial charge in [-0.15, -0.1) is 0 Å². The Labute approximate surface area is 112 Å². The normalized spacial score (nSPS) is 14.4. The molecule has 98 valence electrons. The average Bonchev–Trinajstić information content (AvgIpc) is 3.24. The molecule has 0 spiro atoms. The summed E-state index contributed by atoms with van der Waals surface area (Å²) >= 11 is 0. The van der Waals surface area contributed by atoms with Gasteiger partial charge >= 0.3 is 0 Å². The summed E-state index contributed by atoms with van der Waals surface area (Å²) in [6, 6.07) is 12.5. The van der Waals surface area contributed by atoms with Gasteiger partial charge in [0.25, 0.3) is 0 Å². The lowest BCUT2D eigenvalue weighted by Crippen LogP contribution is -1.98. The van der Waals surface area contributed by atoms with Gasteiger partial charge in [0.15, 0.2) is 0 Å². The van der Waals surface area contributed by atoms with Crippen LogP contribution in [0.4, 0.5) is 4.39 Å². The van der Waals surface area contributed by atoms with E-state index in [0.717, 1.165) is 29.7 Å². The molecule has 3 rings (SSSR count). The smallest absolute Gasteiger partial charge is 0.131 e. The summed E-state index contributed by atoms with van der Waals surface area (Å²) in [6.07, 6.45) is 2.65. The van der Waals surface area contributed by atoms with E-state index in [-0.39, 0.29) is 5.82 Å². The summed E-state index contributed by atoms with van der Waals surface area (Å²) in [5.41, 5.74) is 7.94. The van der Waals surface area contributed by atoms with Crippen LogP contribution >= 0.6 is 0 Å². The van der Waals surface area contributed by atoms with Crippen molar-refractivity contribution in [1.29, 1.82) is 0 Å². The number of hydrogen-bond donors (Lipinski definition) is 1. The quantitative estimate of drug-likeness (QED) is 0.910. The van der Waals surface area contributed by atoms with Gasteiger partial charge in [0, 0.05) is 12.1 Å². The van der Waals surface area contributed by atoms with Gasteiger partial charge in [-0.3, -0.25) is 0 Å². The predicted octanol–water partition coefficient (Wildman–Crippen LogP) is 3.49. The summed E-state index contributed by atoms with van der Waals surface area (Å²) in [5.74, 6) is 0.620. The Hall–Kier alpha value is -1.87. The highest BCUT2D eigenvalue weighted by Gasteiger charge is 2.23. The highest BCUT2D eigenvalue weighted by Crippen LogP contribution is 2.29. The molecule has 1 aliphatic rings. The average molecular weight is 257 g/mol. The van der Waals surface area contributed by atoms with Crippen LogP contribution in [-0.2, 0) is 6.54 Å². The van der Waals surface area contributed by atoms with Gasteiger partial charge in [-0.2, -0.15) is 0 Å². The SMILES string of the molecule is NCc1ccc(F)c(-c2ccc(OC3CC3)cc2)c1. The minimum Gasteiger partial charge on any atom is -0.490 e. The third-order valence-corrected chi connectivity index (χ3v) is 3.26. The Morgan fingerprint density at radius 2 is 1.84 bits per heavy atom. The lowest BCUT2D eigenvalue weighted by Gasteiger charge is -2.08. The maximum atomic E-state index is 13.8. The molecule has 0 unspecified atom stereocenters.